The van der Waals surface area contributed by atoms with Gasteiger partial charge in [-0.25, -0.2) is 8.78 Å². The standard InChI is InChI=1S/C9H8F5NO.ClH/c10-8(11)7(15)5-1-3-6(4-2-5)16-9(12,13)14;/h1-4,7-8H,15H2;1H/t7-;/m1./s1. The Hall–Kier alpha value is -1.08. The lowest BCUT2D eigenvalue weighted by molar-refractivity contribution is -0.274. The SMILES string of the molecule is Cl.N[C@H](c1ccc(OC(F)(F)F)cc1)C(F)F. The van der Waals surface area contributed by atoms with Gasteiger partial charge >= 0.3 is 6.36 Å². The smallest absolute Gasteiger partial charge is 0.406 e. The van der Waals surface area contributed by atoms with E-state index in [0.717, 1.165) is 24.3 Å². The van der Waals surface area contributed by atoms with Crippen molar-refractivity contribution in [2.24, 2.45) is 5.73 Å². The minimum Gasteiger partial charge on any atom is -0.406 e. The Kier molecular flexibility index (Phi) is 5.63. The molecule has 0 amide bonds. The molecule has 0 unspecified atom stereocenters. The fourth-order valence-corrected chi connectivity index (χ4v) is 1.04. The molecule has 1 rings (SSSR count). The summed E-state index contributed by atoms with van der Waals surface area (Å²) >= 11 is 0. The maximum absolute atomic E-state index is 12.1. The van der Waals surface area contributed by atoms with E-state index in [9.17, 15) is 22.0 Å². The molecule has 0 spiro atoms. The number of alkyl halides is 5. The molecule has 0 saturated heterocycles. The second-order valence-corrected chi connectivity index (χ2v) is 2.98. The first kappa shape index (κ1) is 15.9. The average Bonchev–Trinajstić information content (AvgIpc) is 2.15. The number of halogens is 6. The van der Waals surface area contributed by atoms with Crippen molar-refractivity contribution >= 4 is 12.4 Å². The Morgan fingerprint density at radius 2 is 1.53 bits per heavy atom. The molecule has 0 aromatic heterocycles. The van der Waals surface area contributed by atoms with E-state index < -0.39 is 24.6 Å². The molecule has 2 N–H and O–H groups in total. The summed E-state index contributed by atoms with van der Waals surface area (Å²) in [4.78, 5) is 0. The quantitative estimate of drug-likeness (QED) is 0.861. The molecule has 0 aliphatic rings. The van der Waals surface area contributed by atoms with Gasteiger partial charge in [-0.2, -0.15) is 0 Å². The zero-order valence-electron chi connectivity index (χ0n) is 8.25. The van der Waals surface area contributed by atoms with E-state index in [2.05, 4.69) is 4.74 Å². The van der Waals surface area contributed by atoms with Crippen molar-refractivity contribution in [1.82, 2.24) is 0 Å². The highest BCUT2D eigenvalue weighted by molar-refractivity contribution is 5.85. The Bertz CT molecular complexity index is 340. The van der Waals surface area contributed by atoms with E-state index in [1.807, 2.05) is 0 Å². The second-order valence-electron chi connectivity index (χ2n) is 2.98. The third-order valence-electron chi connectivity index (χ3n) is 1.77. The summed E-state index contributed by atoms with van der Waals surface area (Å²) in [6.07, 6.45) is -7.57. The van der Waals surface area contributed by atoms with Gasteiger partial charge in [0.2, 0.25) is 0 Å². The van der Waals surface area contributed by atoms with Crippen LogP contribution in [0.3, 0.4) is 0 Å². The summed E-state index contributed by atoms with van der Waals surface area (Å²) in [6.45, 7) is 0. The molecule has 0 aliphatic heterocycles. The normalized spacial score (nSPS) is 13.1. The topological polar surface area (TPSA) is 35.2 Å². The predicted molar refractivity (Wildman–Crippen MR) is 53.3 cm³/mol. The molecule has 0 heterocycles. The van der Waals surface area contributed by atoms with Crippen LogP contribution in [-0.4, -0.2) is 12.8 Å². The van der Waals surface area contributed by atoms with Gasteiger partial charge in [0, 0.05) is 0 Å². The zero-order chi connectivity index (χ0) is 12.3. The molecule has 0 bridgehead atoms. The number of benzene rings is 1. The number of ether oxygens (including phenoxy) is 1. The lowest BCUT2D eigenvalue weighted by Gasteiger charge is -2.12. The molecule has 1 aromatic carbocycles. The van der Waals surface area contributed by atoms with Crippen LogP contribution in [0.1, 0.15) is 11.6 Å². The molecule has 0 fully saturated rings. The number of rotatable bonds is 3. The van der Waals surface area contributed by atoms with Gasteiger partial charge in [0.15, 0.2) is 0 Å². The van der Waals surface area contributed by atoms with Gasteiger partial charge < -0.3 is 10.5 Å². The summed E-state index contributed by atoms with van der Waals surface area (Å²) in [5, 5.41) is 0. The zero-order valence-corrected chi connectivity index (χ0v) is 9.06. The van der Waals surface area contributed by atoms with Crippen LogP contribution < -0.4 is 10.5 Å². The van der Waals surface area contributed by atoms with Crippen LogP contribution >= 0.6 is 12.4 Å². The largest absolute Gasteiger partial charge is 0.573 e. The van der Waals surface area contributed by atoms with Gasteiger partial charge in [-0.15, -0.1) is 25.6 Å². The number of hydrogen-bond donors (Lipinski definition) is 1. The van der Waals surface area contributed by atoms with Crippen LogP contribution in [0.25, 0.3) is 0 Å². The lowest BCUT2D eigenvalue weighted by Crippen LogP contribution is -2.19. The maximum Gasteiger partial charge on any atom is 0.573 e. The van der Waals surface area contributed by atoms with Crippen LogP contribution in [-0.2, 0) is 0 Å². The summed E-state index contributed by atoms with van der Waals surface area (Å²) < 4.78 is 63.2. The third kappa shape index (κ3) is 5.18. The summed E-state index contributed by atoms with van der Waals surface area (Å²) in [5.74, 6) is -0.474. The fraction of sp³-hybridized carbons (Fsp3) is 0.333. The average molecular weight is 278 g/mol. The summed E-state index contributed by atoms with van der Waals surface area (Å²) in [7, 11) is 0. The van der Waals surface area contributed by atoms with Crippen LogP contribution in [0, 0.1) is 0 Å². The number of hydrogen-bond acceptors (Lipinski definition) is 2. The molecule has 8 heteroatoms. The maximum atomic E-state index is 12.1. The van der Waals surface area contributed by atoms with Gasteiger partial charge in [-0.05, 0) is 17.7 Å². The molecule has 0 aliphatic carbocycles. The first-order valence-electron chi connectivity index (χ1n) is 4.19. The Morgan fingerprint density at radius 1 is 1.06 bits per heavy atom. The summed E-state index contributed by atoms with van der Waals surface area (Å²) in [6, 6.07) is 2.49. The lowest BCUT2D eigenvalue weighted by atomic mass is 10.1. The highest BCUT2D eigenvalue weighted by Gasteiger charge is 2.31. The monoisotopic (exact) mass is 277 g/mol. The van der Waals surface area contributed by atoms with E-state index in [4.69, 9.17) is 5.73 Å². The highest BCUT2D eigenvalue weighted by atomic mass is 35.5. The number of nitrogens with two attached hydrogens (primary N) is 1. The predicted octanol–water partition coefficient (Wildman–Crippen LogP) is 3.27. The van der Waals surface area contributed by atoms with E-state index in [1.165, 1.54) is 0 Å². The van der Waals surface area contributed by atoms with Crippen molar-refractivity contribution in [2.75, 3.05) is 0 Å². The van der Waals surface area contributed by atoms with Gasteiger partial charge in [-0.1, -0.05) is 12.1 Å². The van der Waals surface area contributed by atoms with E-state index in [0.29, 0.717) is 0 Å². The summed E-state index contributed by atoms with van der Waals surface area (Å²) in [5.41, 5.74) is 5.15. The second kappa shape index (κ2) is 6.02. The van der Waals surface area contributed by atoms with E-state index in [-0.39, 0.29) is 18.0 Å². The Balaban J connectivity index is 0.00000256. The molecule has 17 heavy (non-hydrogen) atoms. The van der Waals surface area contributed by atoms with E-state index in [1.54, 1.807) is 0 Å². The highest BCUT2D eigenvalue weighted by Crippen LogP contribution is 2.25. The Labute approximate surface area is 100.0 Å². The van der Waals surface area contributed by atoms with Crippen molar-refractivity contribution < 1.29 is 26.7 Å². The molecule has 1 aromatic rings. The molecular weight excluding hydrogens is 269 g/mol. The molecule has 98 valence electrons. The van der Waals surface area contributed by atoms with Crippen molar-refractivity contribution in [2.45, 2.75) is 18.8 Å². The van der Waals surface area contributed by atoms with Gasteiger partial charge in [0.1, 0.15) is 5.75 Å². The van der Waals surface area contributed by atoms with Crippen molar-refractivity contribution in [3.63, 3.8) is 0 Å². The molecule has 2 nitrogen and oxygen atoms in total. The van der Waals surface area contributed by atoms with Crippen molar-refractivity contribution in [3.05, 3.63) is 29.8 Å². The van der Waals surface area contributed by atoms with Crippen LogP contribution in [0.4, 0.5) is 22.0 Å². The molecule has 0 radical (unpaired) electrons. The molecule has 1 atom stereocenters. The third-order valence-corrected chi connectivity index (χ3v) is 1.77. The minimum absolute atomic E-state index is 0. The molecule has 0 saturated carbocycles. The van der Waals surface area contributed by atoms with Crippen LogP contribution in [0.2, 0.25) is 0 Å². The van der Waals surface area contributed by atoms with Crippen LogP contribution in [0.15, 0.2) is 24.3 Å². The molecular formula is C9H9ClF5NO. The van der Waals surface area contributed by atoms with Gasteiger partial charge in [0.25, 0.3) is 6.43 Å². The van der Waals surface area contributed by atoms with Gasteiger partial charge in [0.05, 0.1) is 6.04 Å². The first-order valence-corrected chi connectivity index (χ1v) is 4.19. The fourth-order valence-electron chi connectivity index (χ4n) is 1.04. The Morgan fingerprint density at radius 3 is 1.88 bits per heavy atom. The van der Waals surface area contributed by atoms with Gasteiger partial charge in [-0.3, -0.25) is 0 Å². The van der Waals surface area contributed by atoms with Crippen molar-refractivity contribution in [3.8, 4) is 5.75 Å². The minimum atomic E-state index is -4.80. The van der Waals surface area contributed by atoms with Crippen LogP contribution in [0.5, 0.6) is 5.75 Å². The van der Waals surface area contributed by atoms with E-state index >= 15 is 0 Å². The first-order chi connectivity index (χ1) is 7.29. The van der Waals surface area contributed by atoms with Crippen molar-refractivity contribution in [1.29, 1.82) is 0 Å².